The number of nitrogens with zero attached hydrogens (tertiary/aromatic N) is 2. The van der Waals surface area contributed by atoms with Crippen LogP contribution in [0.2, 0.25) is 0 Å². The zero-order chi connectivity index (χ0) is 17.2. The van der Waals surface area contributed by atoms with E-state index in [1.165, 1.54) is 5.56 Å². The summed E-state index contributed by atoms with van der Waals surface area (Å²) in [7, 11) is 0. The third kappa shape index (κ3) is 3.51. The largest absolute Gasteiger partial charge is 0.454 e. The van der Waals surface area contributed by atoms with Crippen molar-refractivity contribution >= 4 is 39.1 Å². The molecule has 0 radical (unpaired) electrons. The molecule has 2 N–H and O–H groups in total. The minimum Gasteiger partial charge on any atom is -0.454 e. The van der Waals surface area contributed by atoms with Crippen LogP contribution in [0.3, 0.4) is 0 Å². The molecule has 0 fully saturated rings. The fourth-order valence-corrected chi connectivity index (χ4v) is 3.05. The lowest BCUT2D eigenvalue weighted by Gasteiger charge is -2.10. The summed E-state index contributed by atoms with van der Waals surface area (Å²) in [5.74, 6) is 2.66. The number of hydrogen-bond acceptors (Lipinski definition) is 6. The Morgan fingerprint density at radius 2 is 1.88 bits per heavy atom. The molecule has 0 unspecified atom stereocenters. The third-order valence-electron chi connectivity index (χ3n) is 3.67. The van der Waals surface area contributed by atoms with E-state index in [0.717, 1.165) is 27.3 Å². The SMILES string of the molecule is Cc1ccc(Nc2nccc(Nc3ccc4c(c3)OCO4)n2)c(Br)c1. The Bertz CT molecular complexity index is 933. The van der Waals surface area contributed by atoms with E-state index < -0.39 is 0 Å². The van der Waals surface area contributed by atoms with E-state index >= 15 is 0 Å². The van der Waals surface area contributed by atoms with Gasteiger partial charge < -0.3 is 20.1 Å². The van der Waals surface area contributed by atoms with E-state index in [-0.39, 0.29) is 6.79 Å². The molecule has 2 aromatic carbocycles. The summed E-state index contributed by atoms with van der Waals surface area (Å²) in [5, 5.41) is 6.46. The molecule has 6 nitrogen and oxygen atoms in total. The maximum absolute atomic E-state index is 5.39. The van der Waals surface area contributed by atoms with E-state index in [4.69, 9.17) is 9.47 Å². The highest BCUT2D eigenvalue weighted by atomic mass is 79.9. The maximum atomic E-state index is 5.39. The lowest BCUT2D eigenvalue weighted by atomic mass is 10.2. The van der Waals surface area contributed by atoms with Gasteiger partial charge in [0.25, 0.3) is 0 Å². The van der Waals surface area contributed by atoms with E-state index in [0.29, 0.717) is 11.8 Å². The van der Waals surface area contributed by atoms with Crippen molar-refractivity contribution in [2.45, 2.75) is 6.92 Å². The van der Waals surface area contributed by atoms with E-state index in [2.05, 4.69) is 36.5 Å². The monoisotopic (exact) mass is 398 g/mol. The predicted octanol–water partition coefficient (Wildman–Crippen LogP) is 4.76. The van der Waals surface area contributed by atoms with Crippen molar-refractivity contribution in [1.82, 2.24) is 9.97 Å². The second kappa shape index (κ2) is 6.60. The molecule has 7 heteroatoms. The fraction of sp³-hybridized carbons (Fsp3) is 0.111. The highest BCUT2D eigenvalue weighted by Gasteiger charge is 2.13. The normalized spacial score (nSPS) is 12.1. The molecular formula is C18H15BrN4O2. The smallest absolute Gasteiger partial charge is 0.231 e. The van der Waals surface area contributed by atoms with Gasteiger partial charge in [0.2, 0.25) is 12.7 Å². The Morgan fingerprint density at radius 3 is 2.76 bits per heavy atom. The summed E-state index contributed by atoms with van der Waals surface area (Å²) < 4.78 is 11.7. The minimum atomic E-state index is 0.256. The number of rotatable bonds is 4. The average molecular weight is 399 g/mol. The quantitative estimate of drug-likeness (QED) is 0.659. The molecule has 1 aliphatic heterocycles. The van der Waals surface area contributed by atoms with Gasteiger partial charge in [-0.3, -0.25) is 0 Å². The van der Waals surface area contributed by atoms with Crippen molar-refractivity contribution in [2.75, 3.05) is 17.4 Å². The van der Waals surface area contributed by atoms with Crippen LogP contribution in [-0.2, 0) is 0 Å². The Hall–Kier alpha value is -2.80. The van der Waals surface area contributed by atoms with Crippen LogP contribution < -0.4 is 20.1 Å². The van der Waals surface area contributed by atoms with Crippen molar-refractivity contribution in [3.05, 3.63) is 58.7 Å². The van der Waals surface area contributed by atoms with Gasteiger partial charge in [0.15, 0.2) is 11.5 Å². The zero-order valence-corrected chi connectivity index (χ0v) is 15.0. The highest BCUT2D eigenvalue weighted by molar-refractivity contribution is 9.10. The summed E-state index contributed by atoms with van der Waals surface area (Å²) in [6.45, 7) is 2.30. The highest BCUT2D eigenvalue weighted by Crippen LogP contribution is 2.35. The molecule has 0 spiro atoms. The number of aryl methyl sites for hydroxylation is 1. The average Bonchev–Trinajstić information content (AvgIpc) is 3.05. The molecule has 0 atom stereocenters. The number of hydrogen-bond donors (Lipinski definition) is 2. The maximum Gasteiger partial charge on any atom is 0.231 e. The number of anilines is 4. The molecular weight excluding hydrogens is 384 g/mol. The molecule has 0 bridgehead atoms. The van der Waals surface area contributed by atoms with Crippen LogP contribution >= 0.6 is 15.9 Å². The lowest BCUT2D eigenvalue weighted by Crippen LogP contribution is -2.01. The van der Waals surface area contributed by atoms with Crippen molar-refractivity contribution in [2.24, 2.45) is 0 Å². The van der Waals surface area contributed by atoms with Gasteiger partial charge in [0.05, 0.1) is 5.69 Å². The van der Waals surface area contributed by atoms with Gasteiger partial charge in [-0.1, -0.05) is 6.07 Å². The Labute approximate surface area is 153 Å². The van der Waals surface area contributed by atoms with Crippen molar-refractivity contribution < 1.29 is 9.47 Å². The summed E-state index contributed by atoms with van der Waals surface area (Å²) in [6.07, 6.45) is 1.70. The molecule has 25 heavy (non-hydrogen) atoms. The van der Waals surface area contributed by atoms with Crippen LogP contribution in [0, 0.1) is 6.92 Å². The van der Waals surface area contributed by atoms with Gasteiger partial charge in [-0.2, -0.15) is 4.98 Å². The number of nitrogens with one attached hydrogen (secondary N) is 2. The second-order valence-corrected chi connectivity index (χ2v) is 6.42. The first-order valence-electron chi connectivity index (χ1n) is 7.70. The van der Waals surface area contributed by atoms with Crippen LogP contribution in [0.4, 0.5) is 23.1 Å². The van der Waals surface area contributed by atoms with Crippen LogP contribution in [0.5, 0.6) is 11.5 Å². The summed E-state index contributed by atoms with van der Waals surface area (Å²) in [6, 6.07) is 13.5. The fourth-order valence-electron chi connectivity index (χ4n) is 2.45. The molecule has 126 valence electrons. The topological polar surface area (TPSA) is 68.3 Å². The number of ether oxygens (including phenoxy) is 2. The molecule has 0 aliphatic carbocycles. The van der Waals surface area contributed by atoms with Crippen LogP contribution in [0.15, 0.2) is 53.1 Å². The molecule has 0 saturated carbocycles. The second-order valence-electron chi connectivity index (χ2n) is 5.57. The predicted molar refractivity (Wildman–Crippen MR) is 100 cm³/mol. The first-order chi connectivity index (χ1) is 12.2. The summed E-state index contributed by atoms with van der Waals surface area (Å²) in [5.41, 5.74) is 2.95. The van der Waals surface area contributed by atoms with Crippen molar-refractivity contribution in [1.29, 1.82) is 0 Å². The van der Waals surface area contributed by atoms with Gasteiger partial charge in [-0.05, 0) is 58.7 Å². The molecule has 3 aromatic rings. The number of fused-ring (bicyclic) bond motifs is 1. The number of benzene rings is 2. The molecule has 1 aliphatic rings. The molecule has 1 aromatic heterocycles. The van der Waals surface area contributed by atoms with Gasteiger partial charge in [0.1, 0.15) is 5.82 Å². The van der Waals surface area contributed by atoms with Crippen molar-refractivity contribution in [3.63, 3.8) is 0 Å². The zero-order valence-electron chi connectivity index (χ0n) is 13.4. The van der Waals surface area contributed by atoms with E-state index in [1.807, 2.05) is 43.3 Å². The Morgan fingerprint density at radius 1 is 1.00 bits per heavy atom. The summed E-state index contributed by atoms with van der Waals surface area (Å²) >= 11 is 3.55. The first kappa shape index (κ1) is 15.7. The molecule has 2 heterocycles. The van der Waals surface area contributed by atoms with Crippen LogP contribution in [0.25, 0.3) is 0 Å². The van der Waals surface area contributed by atoms with Crippen LogP contribution in [0.1, 0.15) is 5.56 Å². The number of halogens is 1. The van der Waals surface area contributed by atoms with Gasteiger partial charge >= 0.3 is 0 Å². The standard InChI is InChI=1S/C18H15BrN4O2/c1-11-2-4-14(13(19)8-11)22-18-20-7-6-17(23-18)21-12-3-5-15-16(9-12)25-10-24-15/h2-9H,10H2,1H3,(H2,20,21,22,23). The minimum absolute atomic E-state index is 0.256. The van der Waals surface area contributed by atoms with Crippen LogP contribution in [-0.4, -0.2) is 16.8 Å². The summed E-state index contributed by atoms with van der Waals surface area (Å²) in [4.78, 5) is 8.76. The van der Waals surface area contributed by atoms with E-state index in [9.17, 15) is 0 Å². The molecule has 0 saturated heterocycles. The number of aromatic nitrogens is 2. The van der Waals surface area contributed by atoms with Crippen molar-refractivity contribution in [3.8, 4) is 11.5 Å². The van der Waals surface area contributed by atoms with Gasteiger partial charge in [-0.25, -0.2) is 4.98 Å². The first-order valence-corrected chi connectivity index (χ1v) is 8.49. The molecule has 0 amide bonds. The van der Waals surface area contributed by atoms with Gasteiger partial charge in [-0.15, -0.1) is 0 Å². The van der Waals surface area contributed by atoms with Gasteiger partial charge in [0, 0.05) is 22.4 Å². The third-order valence-corrected chi connectivity index (χ3v) is 4.33. The Balaban J connectivity index is 1.53. The lowest BCUT2D eigenvalue weighted by molar-refractivity contribution is 0.174. The molecule has 4 rings (SSSR count). The Kier molecular flexibility index (Phi) is 4.15. The van der Waals surface area contributed by atoms with E-state index in [1.54, 1.807) is 12.3 Å².